The van der Waals surface area contributed by atoms with Crippen LogP contribution in [0.15, 0.2) is 24.4 Å². The van der Waals surface area contributed by atoms with Crippen molar-refractivity contribution in [1.82, 2.24) is 4.98 Å². The Kier molecular flexibility index (Phi) is 2.05. The van der Waals surface area contributed by atoms with Crippen molar-refractivity contribution in [2.24, 2.45) is 5.41 Å². The van der Waals surface area contributed by atoms with Gasteiger partial charge < -0.3 is 5.11 Å². The molecule has 3 aliphatic carbocycles. The van der Waals surface area contributed by atoms with Gasteiger partial charge in [-0.25, -0.2) is 0 Å². The van der Waals surface area contributed by atoms with E-state index in [0.717, 1.165) is 25.0 Å². The highest BCUT2D eigenvalue weighted by Crippen LogP contribution is 2.73. The summed E-state index contributed by atoms with van der Waals surface area (Å²) >= 11 is 0. The molecule has 1 aromatic rings. The number of carboxylic acids is 1. The van der Waals surface area contributed by atoms with Crippen molar-refractivity contribution in [2.75, 3.05) is 0 Å². The van der Waals surface area contributed by atoms with E-state index < -0.39 is 11.4 Å². The van der Waals surface area contributed by atoms with Gasteiger partial charge in [0, 0.05) is 17.3 Å². The lowest BCUT2D eigenvalue weighted by Gasteiger charge is -2.67. The second-order valence-corrected chi connectivity index (χ2v) is 4.61. The first-order valence-electron chi connectivity index (χ1n) is 4.82. The average Bonchev–Trinajstić information content (AvgIpc) is 2.00. The van der Waals surface area contributed by atoms with Gasteiger partial charge in [0.15, 0.2) is 0 Å². The number of halogens is 1. The third kappa shape index (κ3) is 1.13. The zero-order valence-electron chi connectivity index (χ0n) is 8.14. The van der Waals surface area contributed by atoms with Crippen LogP contribution in [-0.2, 0) is 10.2 Å². The minimum atomic E-state index is -0.629. The van der Waals surface area contributed by atoms with Gasteiger partial charge in [-0.3, -0.25) is 9.78 Å². The van der Waals surface area contributed by atoms with E-state index in [0.29, 0.717) is 0 Å². The van der Waals surface area contributed by atoms with E-state index in [9.17, 15) is 4.79 Å². The molecule has 0 amide bonds. The fraction of sp³-hybridized carbons (Fsp3) is 0.455. The fourth-order valence-electron chi connectivity index (χ4n) is 2.96. The number of rotatable bonds is 2. The number of aromatic nitrogens is 1. The highest BCUT2D eigenvalue weighted by atomic mass is 35.5. The molecule has 0 atom stereocenters. The summed E-state index contributed by atoms with van der Waals surface area (Å²) in [5, 5.41) is 8.97. The Hall–Kier alpha value is -1.09. The normalized spacial score (nSPS) is 35.7. The van der Waals surface area contributed by atoms with Gasteiger partial charge in [-0.2, -0.15) is 0 Å². The van der Waals surface area contributed by atoms with Crippen LogP contribution < -0.4 is 0 Å². The summed E-state index contributed by atoms with van der Waals surface area (Å²) in [6, 6.07) is 5.86. The molecule has 0 saturated heterocycles. The molecule has 0 aromatic carbocycles. The molecule has 4 heteroatoms. The SMILES string of the molecule is Cl.O=C(O)C12CC(c3ccccn3)(C1)C2. The van der Waals surface area contributed by atoms with Crippen LogP contribution in [0, 0.1) is 5.41 Å². The molecular weight excluding hydrogens is 214 g/mol. The van der Waals surface area contributed by atoms with Crippen LogP contribution in [-0.4, -0.2) is 16.1 Å². The highest BCUT2D eigenvalue weighted by molar-refractivity contribution is 5.85. The molecule has 15 heavy (non-hydrogen) atoms. The number of aliphatic carboxylic acids is 1. The monoisotopic (exact) mass is 225 g/mol. The summed E-state index contributed by atoms with van der Waals surface area (Å²) in [6.45, 7) is 0. The van der Waals surface area contributed by atoms with Crippen LogP contribution in [0.4, 0.5) is 0 Å². The number of pyridine rings is 1. The standard InChI is InChI=1S/C11H11NO2.ClH/c13-9(14)11-5-10(6-11,7-11)8-3-1-2-4-12-8;/h1-4H,5-7H2,(H,13,14);1H. The molecule has 3 saturated carbocycles. The van der Waals surface area contributed by atoms with E-state index in [1.807, 2.05) is 18.2 Å². The largest absolute Gasteiger partial charge is 0.481 e. The molecule has 3 fully saturated rings. The molecule has 1 heterocycles. The number of carboxylic acid groups (broad SMARTS) is 1. The van der Waals surface area contributed by atoms with Crippen molar-refractivity contribution in [3.05, 3.63) is 30.1 Å². The van der Waals surface area contributed by atoms with E-state index in [4.69, 9.17) is 5.11 Å². The van der Waals surface area contributed by atoms with Crippen molar-refractivity contribution >= 4 is 18.4 Å². The highest BCUT2D eigenvalue weighted by Gasteiger charge is 2.73. The van der Waals surface area contributed by atoms with Crippen molar-refractivity contribution in [1.29, 1.82) is 0 Å². The number of hydrogen-bond acceptors (Lipinski definition) is 2. The first-order valence-corrected chi connectivity index (χ1v) is 4.82. The summed E-state index contributed by atoms with van der Waals surface area (Å²) in [5.74, 6) is -0.629. The Morgan fingerprint density at radius 3 is 2.47 bits per heavy atom. The Morgan fingerprint density at radius 2 is 2.00 bits per heavy atom. The predicted molar refractivity (Wildman–Crippen MR) is 57.1 cm³/mol. The van der Waals surface area contributed by atoms with Gasteiger partial charge in [-0.15, -0.1) is 12.4 Å². The molecule has 1 aromatic heterocycles. The maximum Gasteiger partial charge on any atom is 0.309 e. The van der Waals surface area contributed by atoms with Crippen molar-refractivity contribution in [3.8, 4) is 0 Å². The van der Waals surface area contributed by atoms with Gasteiger partial charge in [-0.1, -0.05) is 6.07 Å². The van der Waals surface area contributed by atoms with Crippen molar-refractivity contribution in [3.63, 3.8) is 0 Å². The first-order chi connectivity index (χ1) is 6.67. The van der Waals surface area contributed by atoms with Crippen LogP contribution in [0.25, 0.3) is 0 Å². The summed E-state index contributed by atoms with van der Waals surface area (Å²) < 4.78 is 0. The third-order valence-electron chi connectivity index (χ3n) is 3.69. The van der Waals surface area contributed by atoms with E-state index in [1.54, 1.807) is 6.20 Å². The van der Waals surface area contributed by atoms with Gasteiger partial charge in [0.25, 0.3) is 0 Å². The number of nitrogens with zero attached hydrogens (tertiary/aromatic N) is 1. The fourth-order valence-corrected chi connectivity index (χ4v) is 2.96. The third-order valence-corrected chi connectivity index (χ3v) is 3.69. The molecule has 3 nitrogen and oxygen atoms in total. The molecule has 0 radical (unpaired) electrons. The maximum absolute atomic E-state index is 10.9. The number of carbonyl (C=O) groups is 1. The van der Waals surface area contributed by atoms with E-state index >= 15 is 0 Å². The topological polar surface area (TPSA) is 50.2 Å². The van der Waals surface area contributed by atoms with Gasteiger partial charge in [0.1, 0.15) is 0 Å². The van der Waals surface area contributed by atoms with Crippen LogP contribution in [0.5, 0.6) is 0 Å². The summed E-state index contributed by atoms with van der Waals surface area (Å²) in [7, 11) is 0. The van der Waals surface area contributed by atoms with E-state index in [2.05, 4.69) is 4.98 Å². The van der Waals surface area contributed by atoms with Gasteiger partial charge in [0.2, 0.25) is 0 Å². The Bertz CT molecular complexity index is 385. The van der Waals surface area contributed by atoms with Gasteiger partial charge in [0.05, 0.1) is 5.41 Å². The molecule has 0 unspecified atom stereocenters. The van der Waals surface area contributed by atoms with Crippen molar-refractivity contribution < 1.29 is 9.90 Å². The van der Waals surface area contributed by atoms with Crippen LogP contribution >= 0.6 is 12.4 Å². The van der Waals surface area contributed by atoms with Crippen LogP contribution in [0.3, 0.4) is 0 Å². The minimum Gasteiger partial charge on any atom is -0.481 e. The lowest BCUT2D eigenvalue weighted by Crippen LogP contribution is -2.68. The quantitative estimate of drug-likeness (QED) is 0.838. The molecule has 1 N–H and O–H groups in total. The lowest BCUT2D eigenvalue weighted by atomic mass is 9.34. The molecule has 80 valence electrons. The molecule has 4 rings (SSSR count). The van der Waals surface area contributed by atoms with E-state index in [-0.39, 0.29) is 17.8 Å². The molecule has 0 aliphatic heterocycles. The van der Waals surface area contributed by atoms with E-state index in [1.165, 1.54) is 0 Å². The van der Waals surface area contributed by atoms with Crippen LogP contribution in [0.1, 0.15) is 25.0 Å². The lowest BCUT2D eigenvalue weighted by molar-refractivity contribution is -0.195. The van der Waals surface area contributed by atoms with Gasteiger partial charge >= 0.3 is 5.97 Å². The Balaban J connectivity index is 0.000000853. The maximum atomic E-state index is 10.9. The molecular formula is C11H12ClNO2. The Labute approximate surface area is 93.9 Å². The molecule has 2 bridgehead atoms. The van der Waals surface area contributed by atoms with Gasteiger partial charge in [-0.05, 0) is 31.4 Å². The zero-order chi connectivity index (χ0) is 9.81. The van der Waals surface area contributed by atoms with Crippen molar-refractivity contribution in [2.45, 2.75) is 24.7 Å². The smallest absolute Gasteiger partial charge is 0.309 e. The summed E-state index contributed by atoms with van der Waals surface area (Å²) in [4.78, 5) is 15.2. The summed E-state index contributed by atoms with van der Waals surface area (Å²) in [6.07, 6.45) is 4.13. The second-order valence-electron chi connectivity index (χ2n) is 4.61. The summed E-state index contributed by atoms with van der Waals surface area (Å²) in [5.41, 5.74) is 0.792. The zero-order valence-corrected chi connectivity index (χ0v) is 8.96. The number of hydrogen-bond donors (Lipinski definition) is 1. The predicted octanol–water partition coefficient (Wildman–Crippen LogP) is 2.01. The second kappa shape index (κ2) is 2.95. The molecule has 3 aliphatic rings. The first kappa shape index (κ1) is 10.4. The van der Waals surface area contributed by atoms with Crippen LogP contribution in [0.2, 0.25) is 0 Å². The molecule has 0 spiro atoms. The Morgan fingerprint density at radius 1 is 1.33 bits per heavy atom. The average molecular weight is 226 g/mol. The minimum absolute atomic E-state index is 0.